The molecule has 0 spiro atoms. The van der Waals surface area contributed by atoms with Crippen molar-refractivity contribution in [1.82, 2.24) is 9.88 Å². The van der Waals surface area contributed by atoms with Crippen LogP contribution in [0.3, 0.4) is 0 Å². The number of amides is 1. The smallest absolute Gasteiger partial charge is 0.261 e. The Labute approximate surface area is 204 Å². The third-order valence-corrected chi connectivity index (χ3v) is 6.65. The summed E-state index contributed by atoms with van der Waals surface area (Å²) >= 11 is 0. The molecule has 1 amide bonds. The van der Waals surface area contributed by atoms with Crippen molar-refractivity contribution in [2.24, 2.45) is 5.92 Å². The number of hydrogen-bond donors (Lipinski definition) is 1. The SMILES string of the molecule is Cc1c(C(=O)N[C@H](c2cccc(F)c2)C2CC2)c2cccc(F)c2c(=O)n1Cc1ccc(F)c(F)c1. The molecule has 0 saturated heterocycles. The van der Waals surface area contributed by atoms with E-state index in [0.717, 1.165) is 31.0 Å². The first-order valence-corrected chi connectivity index (χ1v) is 11.6. The fourth-order valence-electron chi connectivity index (χ4n) is 4.68. The van der Waals surface area contributed by atoms with Gasteiger partial charge in [-0.1, -0.05) is 30.3 Å². The van der Waals surface area contributed by atoms with Crippen LogP contribution < -0.4 is 10.9 Å². The van der Waals surface area contributed by atoms with E-state index in [2.05, 4.69) is 5.32 Å². The van der Waals surface area contributed by atoms with E-state index in [1.165, 1.54) is 34.9 Å². The topological polar surface area (TPSA) is 51.1 Å². The highest BCUT2D eigenvalue weighted by atomic mass is 19.2. The highest BCUT2D eigenvalue weighted by Crippen LogP contribution is 2.41. The lowest BCUT2D eigenvalue weighted by Crippen LogP contribution is -2.34. The van der Waals surface area contributed by atoms with Crippen molar-refractivity contribution in [1.29, 1.82) is 0 Å². The minimum Gasteiger partial charge on any atom is -0.345 e. The summed E-state index contributed by atoms with van der Waals surface area (Å²) in [5, 5.41) is 2.84. The van der Waals surface area contributed by atoms with Crippen LogP contribution in [0.5, 0.6) is 0 Å². The molecule has 1 atom stereocenters. The monoisotopic (exact) mass is 494 g/mol. The van der Waals surface area contributed by atoms with Gasteiger partial charge in [-0.25, -0.2) is 17.6 Å². The van der Waals surface area contributed by atoms with Gasteiger partial charge in [-0.3, -0.25) is 9.59 Å². The summed E-state index contributed by atoms with van der Waals surface area (Å²) in [6.45, 7) is 1.36. The molecule has 4 nitrogen and oxygen atoms in total. The molecule has 1 aromatic heterocycles. The minimum absolute atomic E-state index is 0.0914. The summed E-state index contributed by atoms with van der Waals surface area (Å²) in [6.07, 6.45) is 1.73. The number of halogens is 4. The maximum absolute atomic E-state index is 14.9. The Morgan fingerprint density at radius 1 is 0.972 bits per heavy atom. The first-order chi connectivity index (χ1) is 17.2. The zero-order valence-corrected chi connectivity index (χ0v) is 19.3. The standard InChI is InChI=1S/C28H22F4N2O2/c1-15-24(27(35)33-26(17-9-10-17)18-4-2-5-19(29)13-18)20-6-3-7-22(31)25(20)28(36)34(15)14-16-8-11-21(30)23(32)12-16/h2-8,11-13,17,26H,9-10,14H2,1H3,(H,33,35)/t26-/m0/s1. The Hall–Kier alpha value is -3.94. The van der Waals surface area contributed by atoms with Crippen molar-refractivity contribution < 1.29 is 22.4 Å². The maximum atomic E-state index is 14.9. The number of aromatic nitrogens is 1. The van der Waals surface area contributed by atoms with Gasteiger partial charge in [-0.05, 0) is 67.1 Å². The lowest BCUT2D eigenvalue weighted by molar-refractivity contribution is 0.0931. The molecule has 1 N–H and O–H groups in total. The van der Waals surface area contributed by atoms with Crippen LogP contribution in [0.1, 0.15) is 46.1 Å². The van der Waals surface area contributed by atoms with Crippen molar-refractivity contribution in [2.75, 3.05) is 0 Å². The van der Waals surface area contributed by atoms with E-state index < -0.39 is 40.8 Å². The van der Waals surface area contributed by atoms with Crippen LogP contribution in [0.4, 0.5) is 17.6 Å². The third-order valence-electron chi connectivity index (χ3n) is 6.65. The normalized spacial score (nSPS) is 14.1. The van der Waals surface area contributed by atoms with Gasteiger partial charge in [0.05, 0.1) is 23.5 Å². The molecule has 1 saturated carbocycles. The van der Waals surface area contributed by atoms with E-state index in [9.17, 15) is 27.2 Å². The van der Waals surface area contributed by atoms with Crippen LogP contribution >= 0.6 is 0 Å². The van der Waals surface area contributed by atoms with Crippen molar-refractivity contribution in [3.05, 3.63) is 117 Å². The highest BCUT2D eigenvalue weighted by molar-refractivity contribution is 6.08. The predicted octanol–water partition coefficient (Wildman–Crippen LogP) is 5.80. The zero-order chi connectivity index (χ0) is 25.6. The van der Waals surface area contributed by atoms with E-state index in [-0.39, 0.29) is 40.1 Å². The fourth-order valence-corrected chi connectivity index (χ4v) is 4.68. The van der Waals surface area contributed by atoms with Gasteiger partial charge in [0.25, 0.3) is 11.5 Å². The summed E-state index contributed by atoms with van der Waals surface area (Å²) in [4.78, 5) is 26.9. The molecule has 184 valence electrons. The molecule has 4 aromatic rings. The van der Waals surface area contributed by atoms with Crippen LogP contribution in [0.2, 0.25) is 0 Å². The number of pyridine rings is 1. The van der Waals surface area contributed by atoms with Gasteiger partial charge in [0.1, 0.15) is 11.6 Å². The van der Waals surface area contributed by atoms with E-state index in [4.69, 9.17) is 0 Å². The molecule has 1 aliphatic rings. The van der Waals surface area contributed by atoms with E-state index >= 15 is 0 Å². The van der Waals surface area contributed by atoms with Crippen LogP contribution in [0.25, 0.3) is 10.8 Å². The van der Waals surface area contributed by atoms with Crippen LogP contribution in [0.15, 0.2) is 65.5 Å². The Balaban J connectivity index is 1.62. The molecule has 36 heavy (non-hydrogen) atoms. The first-order valence-electron chi connectivity index (χ1n) is 11.6. The molecule has 0 unspecified atom stereocenters. The Bertz CT molecular complexity index is 1560. The number of nitrogens with one attached hydrogen (secondary N) is 1. The van der Waals surface area contributed by atoms with Gasteiger partial charge in [0.15, 0.2) is 11.6 Å². The zero-order valence-electron chi connectivity index (χ0n) is 19.3. The number of hydrogen-bond acceptors (Lipinski definition) is 2. The molecular formula is C28H22F4N2O2. The van der Waals surface area contributed by atoms with Crippen molar-refractivity contribution in [3.63, 3.8) is 0 Å². The second-order valence-electron chi connectivity index (χ2n) is 9.11. The number of carbonyl (C=O) groups excluding carboxylic acids is 1. The Kier molecular flexibility index (Phi) is 6.12. The summed E-state index contributed by atoms with van der Waals surface area (Å²) in [7, 11) is 0. The minimum atomic E-state index is -1.08. The predicted molar refractivity (Wildman–Crippen MR) is 128 cm³/mol. The van der Waals surface area contributed by atoms with Crippen LogP contribution in [-0.4, -0.2) is 10.5 Å². The molecule has 1 heterocycles. The summed E-state index contributed by atoms with van der Waals surface area (Å²) in [5.41, 5.74) is 0.541. The molecule has 1 aliphatic carbocycles. The summed E-state index contributed by atoms with van der Waals surface area (Å²) < 4.78 is 57.2. The third kappa shape index (κ3) is 4.39. The molecule has 0 aliphatic heterocycles. The lowest BCUT2D eigenvalue weighted by Gasteiger charge is -2.22. The largest absolute Gasteiger partial charge is 0.345 e. The first kappa shape index (κ1) is 23.8. The summed E-state index contributed by atoms with van der Waals surface area (Å²) in [5.74, 6) is -3.73. The average Bonchev–Trinajstić information content (AvgIpc) is 3.68. The van der Waals surface area contributed by atoms with Gasteiger partial charge < -0.3 is 9.88 Å². The summed E-state index contributed by atoms with van der Waals surface area (Å²) in [6, 6.07) is 12.8. The van der Waals surface area contributed by atoms with Crippen LogP contribution in [0, 0.1) is 36.1 Å². The molecule has 1 fully saturated rings. The maximum Gasteiger partial charge on any atom is 0.261 e. The molecule has 0 radical (unpaired) electrons. The number of nitrogens with zero attached hydrogens (tertiary/aromatic N) is 1. The number of rotatable bonds is 6. The van der Waals surface area contributed by atoms with E-state index in [1.54, 1.807) is 19.1 Å². The van der Waals surface area contributed by atoms with Gasteiger partial charge in [0, 0.05) is 11.1 Å². The quantitative estimate of drug-likeness (QED) is 0.345. The molecule has 3 aromatic carbocycles. The Morgan fingerprint density at radius 2 is 1.72 bits per heavy atom. The molecule has 8 heteroatoms. The van der Waals surface area contributed by atoms with Crippen molar-refractivity contribution in [3.8, 4) is 0 Å². The van der Waals surface area contributed by atoms with Gasteiger partial charge in [0.2, 0.25) is 0 Å². The second-order valence-corrected chi connectivity index (χ2v) is 9.11. The Morgan fingerprint density at radius 3 is 2.42 bits per heavy atom. The van der Waals surface area contributed by atoms with Crippen molar-refractivity contribution in [2.45, 2.75) is 32.4 Å². The molecule has 0 bridgehead atoms. The fraction of sp³-hybridized carbons (Fsp3) is 0.214. The average molecular weight is 494 g/mol. The molecule has 5 rings (SSSR count). The van der Waals surface area contributed by atoms with Crippen LogP contribution in [-0.2, 0) is 6.54 Å². The van der Waals surface area contributed by atoms with E-state index in [0.29, 0.717) is 5.56 Å². The number of benzene rings is 3. The van der Waals surface area contributed by atoms with E-state index in [1.807, 2.05) is 0 Å². The second kappa shape index (κ2) is 9.26. The van der Waals surface area contributed by atoms with Gasteiger partial charge in [-0.15, -0.1) is 0 Å². The van der Waals surface area contributed by atoms with Crippen molar-refractivity contribution >= 4 is 16.7 Å². The number of carbonyl (C=O) groups is 1. The number of fused-ring (bicyclic) bond motifs is 1. The molecular weight excluding hydrogens is 472 g/mol. The van der Waals surface area contributed by atoms with Gasteiger partial charge >= 0.3 is 0 Å². The highest BCUT2D eigenvalue weighted by Gasteiger charge is 2.34. The van der Waals surface area contributed by atoms with Gasteiger partial charge in [-0.2, -0.15) is 0 Å². The lowest BCUT2D eigenvalue weighted by atomic mass is 9.99.